The maximum absolute atomic E-state index is 12.0. The van der Waals surface area contributed by atoms with Crippen molar-refractivity contribution in [3.05, 3.63) is 58.1 Å². The Morgan fingerprint density at radius 1 is 1.55 bits per heavy atom. The molecule has 22 heavy (non-hydrogen) atoms. The highest BCUT2D eigenvalue weighted by Crippen LogP contribution is 2.39. The molecule has 1 aromatic rings. The fourth-order valence-corrected chi connectivity index (χ4v) is 2.40. The van der Waals surface area contributed by atoms with Gasteiger partial charge in [-0.25, -0.2) is 4.79 Å². The largest absolute Gasteiger partial charge is 0.491 e. The molecule has 0 bridgehead atoms. The summed E-state index contributed by atoms with van der Waals surface area (Å²) in [5.74, 6) is 0. The number of ether oxygens (including phenoxy) is 2. The molecule has 0 radical (unpaired) electrons. The van der Waals surface area contributed by atoms with Crippen LogP contribution in [-0.2, 0) is 9.47 Å². The van der Waals surface area contributed by atoms with E-state index < -0.39 is 41.9 Å². The minimum absolute atomic E-state index is 0.287. The number of nitrogens with zero attached hydrogens (tertiary/aromatic N) is 1. The number of H-pyrrole nitrogens is 1. The Kier molecular flexibility index (Phi) is 4.36. The van der Waals surface area contributed by atoms with Crippen LogP contribution < -0.4 is 11.2 Å². The summed E-state index contributed by atoms with van der Waals surface area (Å²) in [5.41, 5.74) is -2.43. The lowest BCUT2D eigenvalue weighted by molar-refractivity contribution is -0.0996. The van der Waals surface area contributed by atoms with Crippen LogP contribution >= 0.6 is 0 Å². The Morgan fingerprint density at radius 3 is 2.77 bits per heavy atom. The summed E-state index contributed by atoms with van der Waals surface area (Å²) >= 11 is 0. The molecule has 0 aliphatic carbocycles. The summed E-state index contributed by atoms with van der Waals surface area (Å²) < 4.78 is 12.0. The summed E-state index contributed by atoms with van der Waals surface area (Å²) in [7, 11) is 0. The van der Waals surface area contributed by atoms with Crippen molar-refractivity contribution in [1.29, 1.82) is 0 Å². The first-order valence-electron chi connectivity index (χ1n) is 6.59. The molecule has 1 aliphatic rings. The molecule has 1 saturated heterocycles. The predicted octanol–water partition coefficient (Wildman–Crippen LogP) is -0.819. The number of aromatic nitrogens is 2. The van der Waals surface area contributed by atoms with Gasteiger partial charge in [-0.15, -0.1) is 6.58 Å². The van der Waals surface area contributed by atoms with Gasteiger partial charge in [0, 0.05) is 11.8 Å². The minimum atomic E-state index is -1.48. The van der Waals surface area contributed by atoms with E-state index in [9.17, 15) is 19.8 Å². The zero-order valence-electron chi connectivity index (χ0n) is 12.1. The van der Waals surface area contributed by atoms with Gasteiger partial charge in [0.05, 0.1) is 12.9 Å². The Bertz CT molecular complexity index is 693. The highest BCUT2D eigenvalue weighted by Gasteiger charge is 2.55. The SMILES string of the molecule is C=COC1C(n2cc(C)c(=O)[nH]c2=O)OC(C=C)(CO)C1O. The van der Waals surface area contributed by atoms with Crippen LogP contribution in [0.3, 0.4) is 0 Å². The number of aryl methyl sites for hydroxylation is 1. The molecule has 8 heteroatoms. The van der Waals surface area contributed by atoms with Crippen molar-refractivity contribution in [1.82, 2.24) is 9.55 Å². The van der Waals surface area contributed by atoms with Crippen LogP contribution in [0.25, 0.3) is 0 Å². The molecule has 0 aromatic carbocycles. The van der Waals surface area contributed by atoms with Crippen molar-refractivity contribution in [2.75, 3.05) is 6.61 Å². The van der Waals surface area contributed by atoms with E-state index in [-0.39, 0.29) is 5.56 Å². The maximum Gasteiger partial charge on any atom is 0.330 e. The Balaban J connectivity index is 2.55. The lowest BCUT2D eigenvalue weighted by Crippen LogP contribution is -2.44. The summed E-state index contributed by atoms with van der Waals surface area (Å²) in [6, 6.07) is 0. The first kappa shape index (κ1) is 16.2. The minimum Gasteiger partial charge on any atom is -0.491 e. The van der Waals surface area contributed by atoms with Gasteiger partial charge in [-0.3, -0.25) is 14.3 Å². The monoisotopic (exact) mass is 310 g/mol. The molecule has 2 heterocycles. The van der Waals surface area contributed by atoms with Crippen molar-refractivity contribution in [2.24, 2.45) is 0 Å². The number of hydrogen-bond donors (Lipinski definition) is 3. The molecular weight excluding hydrogens is 292 g/mol. The van der Waals surface area contributed by atoms with Gasteiger partial charge in [0.1, 0.15) is 11.7 Å². The molecule has 1 fully saturated rings. The highest BCUT2D eigenvalue weighted by atomic mass is 16.6. The molecule has 120 valence electrons. The highest BCUT2D eigenvalue weighted by molar-refractivity contribution is 5.12. The first-order chi connectivity index (χ1) is 10.4. The molecule has 8 nitrogen and oxygen atoms in total. The van der Waals surface area contributed by atoms with Crippen LogP contribution in [0.1, 0.15) is 11.8 Å². The zero-order valence-corrected chi connectivity index (χ0v) is 12.1. The average molecular weight is 310 g/mol. The lowest BCUT2D eigenvalue weighted by atomic mass is 9.96. The van der Waals surface area contributed by atoms with Crippen LogP contribution in [0.15, 0.2) is 41.3 Å². The van der Waals surface area contributed by atoms with Gasteiger partial charge in [-0.2, -0.15) is 0 Å². The van der Waals surface area contributed by atoms with Gasteiger partial charge in [-0.05, 0) is 6.92 Å². The van der Waals surface area contributed by atoms with E-state index >= 15 is 0 Å². The number of aliphatic hydroxyl groups is 2. The third-order valence-electron chi connectivity index (χ3n) is 3.70. The molecular formula is C14H18N2O6. The van der Waals surface area contributed by atoms with E-state index in [0.717, 1.165) is 10.8 Å². The molecule has 0 saturated carbocycles. The molecule has 0 spiro atoms. The predicted molar refractivity (Wildman–Crippen MR) is 77.3 cm³/mol. The van der Waals surface area contributed by atoms with Crippen molar-refractivity contribution < 1.29 is 19.7 Å². The normalized spacial score (nSPS) is 31.0. The summed E-state index contributed by atoms with van der Waals surface area (Å²) in [4.78, 5) is 25.6. The molecule has 1 aliphatic heterocycles. The maximum atomic E-state index is 12.0. The van der Waals surface area contributed by atoms with Gasteiger partial charge >= 0.3 is 5.69 Å². The van der Waals surface area contributed by atoms with Crippen molar-refractivity contribution in [3.63, 3.8) is 0 Å². The second-order valence-corrected chi connectivity index (χ2v) is 5.02. The second kappa shape index (κ2) is 5.91. The smallest absolute Gasteiger partial charge is 0.330 e. The van der Waals surface area contributed by atoms with Crippen LogP contribution in [0, 0.1) is 6.92 Å². The number of rotatable bonds is 5. The van der Waals surface area contributed by atoms with E-state index in [1.807, 2.05) is 0 Å². The Hall–Kier alpha value is -2.16. The summed E-state index contributed by atoms with van der Waals surface area (Å²) in [6.07, 6.45) is 0.295. The third-order valence-corrected chi connectivity index (χ3v) is 3.70. The fourth-order valence-electron chi connectivity index (χ4n) is 2.40. The average Bonchev–Trinajstić information content (AvgIpc) is 2.77. The topological polar surface area (TPSA) is 114 Å². The first-order valence-corrected chi connectivity index (χ1v) is 6.59. The fraction of sp³-hybridized carbons (Fsp3) is 0.429. The lowest BCUT2D eigenvalue weighted by Gasteiger charge is -2.25. The van der Waals surface area contributed by atoms with E-state index in [0.29, 0.717) is 0 Å². The van der Waals surface area contributed by atoms with E-state index in [1.54, 1.807) is 0 Å². The summed E-state index contributed by atoms with van der Waals surface area (Å²) in [6.45, 7) is 7.93. The number of hydrogen-bond acceptors (Lipinski definition) is 6. The molecule has 1 aromatic heterocycles. The van der Waals surface area contributed by atoms with E-state index in [4.69, 9.17) is 9.47 Å². The van der Waals surface area contributed by atoms with E-state index in [1.165, 1.54) is 19.2 Å². The van der Waals surface area contributed by atoms with Crippen LogP contribution in [0.2, 0.25) is 0 Å². The van der Waals surface area contributed by atoms with Crippen LogP contribution in [-0.4, -0.2) is 44.2 Å². The van der Waals surface area contributed by atoms with E-state index in [2.05, 4.69) is 18.1 Å². The third kappa shape index (κ3) is 2.41. The van der Waals surface area contributed by atoms with Crippen molar-refractivity contribution in [2.45, 2.75) is 31.0 Å². The Morgan fingerprint density at radius 2 is 2.23 bits per heavy atom. The van der Waals surface area contributed by atoms with Gasteiger partial charge in [0.2, 0.25) is 0 Å². The quantitative estimate of drug-likeness (QED) is 0.484. The molecule has 2 rings (SSSR count). The van der Waals surface area contributed by atoms with Gasteiger partial charge in [-0.1, -0.05) is 12.7 Å². The Labute approximate surface area is 125 Å². The van der Waals surface area contributed by atoms with Crippen LogP contribution in [0.5, 0.6) is 0 Å². The molecule has 3 N–H and O–H groups in total. The molecule has 4 unspecified atom stereocenters. The van der Waals surface area contributed by atoms with Gasteiger partial charge in [0.15, 0.2) is 12.3 Å². The standard InChI is InChI=1S/C14H18N2O6/c1-4-14(7-17)10(18)9(21-5-2)12(22-14)16-6-8(3)11(19)15-13(16)20/h4-6,9-10,12,17-18H,1-2,7H2,3H3,(H,15,19,20). The number of nitrogens with one attached hydrogen (secondary N) is 1. The zero-order chi connectivity index (χ0) is 16.5. The molecule has 0 amide bonds. The van der Waals surface area contributed by atoms with Crippen molar-refractivity contribution in [3.8, 4) is 0 Å². The number of aromatic amines is 1. The van der Waals surface area contributed by atoms with Gasteiger partial charge < -0.3 is 19.7 Å². The summed E-state index contributed by atoms with van der Waals surface area (Å²) in [5, 5.41) is 19.9. The van der Waals surface area contributed by atoms with Crippen molar-refractivity contribution >= 4 is 0 Å². The second-order valence-electron chi connectivity index (χ2n) is 5.02. The molecule has 4 atom stereocenters. The number of aliphatic hydroxyl groups excluding tert-OH is 2. The van der Waals surface area contributed by atoms with Gasteiger partial charge in [0.25, 0.3) is 5.56 Å². The van der Waals surface area contributed by atoms with Crippen LogP contribution in [0.4, 0.5) is 0 Å².